The Labute approximate surface area is 172 Å². The van der Waals surface area contributed by atoms with Crippen molar-refractivity contribution in [1.29, 1.82) is 0 Å². The summed E-state index contributed by atoms with van der Waals surface area (Å²) in [5.74, 6) is -0.677. The van der Waals surface area contributed by atoms with E-state index in [4.69, 9.17) is 9.47 Å². The van der Waals surface area contributed by atoms with Gasteiger partial charge in [0.15, 0.2) is 6.61 Å². The summed E-state index contributed by atoms with van der Waals surface area (Å²) in [6, 6.07) is 5.66. The molecule has 0 radical (unpaired) electrons. The summed E-state index contributed by atoms with van der Waals surface area (Å²) in [6.07, 6.45) is 0.407. The largest absolute Gasteiger partial charge is 0.452 e. The first kappa shape index (κ1) is 23.3. The molecule has 0 saturated carbocycles. The predicted molar refractivity (Wildman–Crippen MR) is 108 cm³/mol. The van der Waals surface area contributed by atoms with Gasteiger partial charge in [-0.15, -0.1) is 0 Å². The van der Waals surface area contributed by atoms with Crippen molar-refractivity contribution in [2.45, 2.75) is 51.2 Å². The number of carbonyl (C=O) groups is 2. The van der Waals surface area contributed by atoms with E-state index in [0.29, 0.717) is 12.5 Å². The van der Waals surface area contributed by atoms with Crippen LogP contribution in [0.15, 0.2) is 29.2 Å². The average molecular weight is 427 g/mol. The molecule has 1 saturated heterocycles. The van der Waals surface area contributed by atoms with E-state index in [1.54, 1.807) is 0 Å². The molecule has 1 amide bonds. The molecule has 29 heavy (non-hydrogen) atoms. The van der Waals surface area contributed by atoms with Gasteiger partial charge >= 0.3 is 5.97 Å². The summed E-state index contributed by atoms with van der Waals surface area (Å²) in [5.41, 5.74) is 0.0791. The van der Waals surface area contributed by atoms with Gasteiger partial charge in [0.1, 0.15) is 0 Å². The summed E-state index contributed by atoms with van der Waals surface area (Å²) >= 11 is 0. The lowest BCUT2D eigenvalue weighted by Gasteiger charge is -2.34. The molecule has 162 valence electrons. The molecule has 2 atom stereocenters. The first-order chi connectivity index (χ1) is 13.6. The highest BCUT2D eigenvalue weighted by molar-refractivity contribution is 7.89. The third-order valence-corrected chi connectivity index (χ3v) is 6.30. The van der Waals surface area contributed by atoms with Crippen molar-refractivity contribution in [1.82, 2.24) is 9.62 Å². The lowest BCUT2D eigenvalue weighted by atomic mass is 10.1. The highest BCUT2D eigenvalue weighted by Crippen LogP contribution is 2.22. The summed E-state index contributed by atoms with van der Waals surface area (Å²) < 4.78 is 37.9. The van der Waals surface area contributed by atoms with Crippen molar-refractivity contribution in [2.24, 2.45) is 5.92 Å². The fourth-order valence-corrected chi connectivity index (χ4v) is 4.66. The smallest absolute Gasteiger partial charge is 0.338 e. The number of benzene rings is 1. The van der Waals surface area contributed by atoms with Crippen LogP contribution in [-0.2, 0) is 24.3 Å². The Kier molecular flexibility index (Phi) is 8.18. The van der Waals surface area contributed by atoms with Gasteiger partial charge in [-0.25, -0.2) is 13.2 Å². The molecule has 2 rings (SSSR count). The lowest BCUT2D eigenvalue weighted by Crippen LogP contribution is -2.48. The number of hydrogen-bond acceptors (Lipinski definition) is 6. The summed E-state index contributed by atoms with van der Waals surface area (Å²) in [4.78, 5) is 24.0. The number of sulfonamides is 1. The molecule has 0 unspecified atom stereocenters. The molecule has 0 bridgehead atoms. The second kappa shape index (κ2) is 10.2. The second-order valence-corrected chi connectivity index (χ2v) is 9.65. The molecule has 1 heterocycles. The van der Waals surface area contributed by atoms with Gasteiger partial charge in [0.25, 0.3) is 5.91 Å². The van der Waals surface area contributed by atoms with E-state index in [0.717, 1.165) is 6.42 Å². The average Bonchev–Trinajstić information content (AvgIpc) is 2.65. The van der Waals surface area contributed by atoms with Crippen LogP contribution in [0.2, 0.25) is 0 Å². The number of ether oxygens (including phenoxy) is 2. The van der Waals surface area contributed by atoms with E-state index in [2.05, 4.69) is 5.32 Å². The van der Waals surface area contributed by atoms with Gasteiger partial charge in [0.05, 0.1) is 22.7 Å². The number of rotatable bonds is 8. The Morgan fingerprint density at radius 3 is 2.52 bits per heavy atom. The molecular formula is C20H30N2O6S. The summed E-state index contributed by atoms with van der Waals surface area (Å²) in [7, 11) is -3.77. The first-order valence-corrected chi connectivity index (χ1v) is 11.2. The lowest BCUT2D eigenvalue weighted by molar-refractivity contribution is -0.124. The first-order valence-electron chi connectivity index (χ1n) is 9.79. The zero-order chi connectivity index (χ0) is 21.6. The van der Waals surface area contributed by atoms with Crippen molar-refractivity contribution < 1.29 is 27.5 Å². The third kappa shape index (κ3) is 6.80. The van der Waals surface area contributed by atoms with E-state index in [1.165, 1.54) is 28.6 Å². The fraction of sp³-hybridized carbons (Fsp3) is 0.600. The molecule has 9 heteroatoms. The van der Waals surface area contributed by atoms with Crippen LogP contribution in [0, 0.1) is 5.92 Å². The minimum atomic E-state index is -3.77. The van der Waals surface area contributed by atoms with E-state index < -0.39 is 22.6 Å². The number of morpholine rings is 1. The maximum Gasteiger partial charge on any atom is 0.338 e. The van der Waals surface area contributed by atoms with Gasteiger partial charge in [0.2, 0.25) is 10.0 Å². The molecule has 1 aromatic carbocycles. The minimum absolute atomic E-state index is 0.00892. The topological polar surface area (TPSA) is 102 Å². The Hall–Kier alpha value is -1.97. The standard InChI is InChI=1S/C20H30N2O6S/c1-14(2)8-9-21-19(23)13-27-20(24)17-6-5-7-18(10-17)29(25,26)22-11-15(3)28-16(4)12-22/h5-7,10,14-16H,8-9,11-13H2,1-4H3,(H,21,23)/t15-,16-/m1/s1. The van der Waals surface area contributed by atoms with Crippen LogP contribution in [0.4, 0.5) is 0 Å². The minimum Gasteiger partial charge on any atom is -0.452 e. The van der Waals surface area contributed by atoms with Crippen LogP contribution in [0.5, 0.6) is 0 Å². The Morgan fingerprint density at radius 1 is 1.24 bits per heavy atom. The molecule has 1 N–H and O–H groups in total. The normalized spacial score (nSPS) is 20.4. The predicted octanol–water partition coefficient (Wildman–Crippen LogP) is 1.80. The molecule has 8 nitrogen and oxygen atoms in total. The van der Waals surface area contributed by atoms with Crippen molar-refractivity contribution in [2.75, 3.05) is 26.2 Å². The number of nitrogens with one attached hydrogen (secondary N) is 1. The zero-order valence-corrected chi connectivity index (χ0v) is 18.2. The highest BCUT2D eigenvalue weighted by Gasteiger charge is 2.32. The molecular weight excluding hydrogens is 396 g/mol. The van der Waals surface area contributed by atoms with E-state index in [1.807, 2.05) is 27.7 Å². The number of carbonyl (C=O) groups excluding carboxylic acids is 2. The summed E-state index contributed by atoms with van der Waals surface area (Å²) in [5, 5.41) is 2.68. The molecule has 1 aliphatic rings. The van der Waals surface area contributed by atoms with Gasteiger partial charge in [-0.1, -0.05) is 19.9 Å². The number of amides is 1. The fourth-order valence-electron chi connectivity index (χ4n) is 3.03. The Balaban J connectivity index is 2.01. The number of nitrogens with zero attached hydrogens (tertiary/aromatic N) is 1. The van der Waals surface area contributed by atoms with Crippen molar-refractivity contribution in [3.63, 3.8) is 0 Å². The van der Waals surface area contributed by atoms with Gasteiger partial charge in [-0.3, -0.25) is 4.79 Å². The van der Waals surface area contributed by atoms with Crippen LogP contribution in [0.1, 0.15) is 44.5 Å². The second-order valence-electron chi connectivity index (χ2n) is 7.72. The zero-order valence-electron chi connectivity index (χ0n) is 17.4. The van der Waals surface area contributed by atoms with Crippen molar-refractivity contribution in [3.8, 4) is 0 Å². The molecule has 0 spiro atoms. The quantitative estimate of drug-likeness (QED) is 0.636. The molecule has 1 fully saturated rings. The van der Waals surface area contributed by atoms with Crippen LogP contribution in [0.25, 0.3) is 0 Å². The molecule has 0 aromatic heterocycles. The molecule has 1 aliphatic heterocycles. The van der Waals surface area contributed by atoms with Crippen LogP contribution < -0.4 is 5.32 Å². The van der Waals surface area contributed by atoms with Crippen molar-refractivity contribution >= 4 is 21.9 Å². The van der Waals surface area contributed by atoms with Gasteiger partial charge in [-0.05, 0) is 44.4 Å². The van der Waals surface area contributed by atoms with Crippen LogP contribution >= 0.6 is 0 Å². The third-order valence-electron chi connectivity index (χ3n) is 4.47. The SMILES string of the molecule is CC(C)CCNC(=O)COC(=O)c1cccc(S(=O)(=O)N2C[C@@H](C)O[C@H](C)C2)c1. The number of esters is 1. The van der Waals surface area contributed by atoms with E-state index in [-0.39, 0.29) is 41.7 Å². The Bertz CT molecular complexity index is 814. The van der Waals surface area contributed by atoms with E-state index >= 15 is 0 Å². The van der Waals surface area contributed by atoms with Crippen LogP contribution in [0.3, 0.4) is 0 Å². The highest BCUT2D eigenvalue weighted by atomic mass is 32.2. The van der Waals surface area contributed by atoms with Crippen molar-refractivity contribution in [3.05, 3.63) is 29.8 Å². The van der Waals surface area contributed by atoms with Gasteiger partial charge in [-0.2, -0.15) is 4.31 Å². The Morgan fingerprint density at radius 2 is 1.90 bits per heavy atom. The molecule has 0 aliphatic carbocycles. The van der Waals surface area contributed by atoms with Gasteiger partial charge < -0.3 is 14.8 Å². The van der Waals surface area contributed by atoms with Crippen LogP contribution in [-0.4, -0.2) is 63.0 Å². The van der Waals surface area contributed by atoms with Gasteiger partial charge in [0, 0.05) is 19.6 Å². The summed E-state index contributed by atoms with van der Waals surface area (Å²) in [6.45, 7) is 8.33. The maximum atomic E-state index is 12.9. The monoisotopic (exact) mass is 426 g/mol. The molecule has 1 aromatic rings. The van der Waals surface area contributed by atoms with E-state index in [9.17, 15) is 18.0 Å². The number of hydrogen-bond donors (Lipinski definition) is 1. The maximum absolute atomic E-state index is 12.9.